The molecule has 0 bridgehead atoms. The fourth-order valence-electron chi connectivity index (χ4n) is 3.12. The number of aliphatic hydroxyl groups excluding tert-OH is 1. The second-order valence-corrected chi connectivity index (χ2v) is 5.02. The van der Waals surface area contributed by atoms with E-state index >= 15 is 0 Å². The van der Waals surface area contributed by atoms with Crippen molar-refractivity contribution in [1.82, 2.24) is 0 Å². The molecule has 2 saturated carbocycles. The Morgan fingerprint density at radius 1 is 1.53 bits per heavy atom. The molecular formula is C14H18O3. The third-order valence-corrected chi connectivity index (χ3v) is 4.07. The number of hydrogen-bond donors (Lipinski definition) is 2. The summed E-state index contributed by atoms with van der Waals surface area (Å²) in [6.07, 6.45) is 10.7. The highest BCUT2D eigenvalue weighted by Crippen LogP contribution is 2.51. The van der Waals surface area contributed by atoms with Crippen LogP contribution in [0.5, 0.6) is 0 Å². The van der Waals surface area contributed by atoms with E-state index in [0.717, 1.165) is 19.3 Å². The fourth-order valence-corrected chi connectivity index (χ4v) is 3.12. The molecule has 0 amide bonds. The van der Waals surface area contributed by atoms with E-state index < -0.39 is 5.97 Å². The Bertz CT molecular complexity index is 377. The van der Waals surface area contributed by atoms with Crippen LogP contribution in [0.3, 0.4) is 0 Å². The minimum atomic E-state index is -0.752. The molecule has 4 atom stereocenters. The summed E-state index contributed by atoms with van der Waals surface area (Å²) in [4.78, 5) is 10.4. The molecule has 92 valence electrons. The van der Waals surface area contributed by atoms with Gasteiger partial charge in [0.25, 0.3) is 0 Å². The number of allylic oxidation sites excluding steroid dienone is 2. The van der Waals surface area contributed by atoms with Gasteiger partial charge < -0.3 is 10.2 Å². The van der Waals surface area contributed by atoms with Crippen molar-refractivity contribution in [1.29, 1.82) is 0 Å². The van der Waals surface area contributed by atoms with E-state index in [2.05, 4.69) is 12.0 Å². The van der Waals surface area contributed by atoms with E-state index in [0.29, 0.717) is 18.3 Å². The Morgan fingerprint density at radius 3 is 2.94 bits per heavy atom. The van der Waals surface area contributed by atoms with E-state index in [1.54, 1.807) is 0 Å². The molecule has 2 fully saturated rings. The zero-order valence-corrected chi connectivity index (χ0v) is 9.80. The van der Waals surface area contributed by atoms with Crippen LogP contribution in [-0.4, -0.2) is 22.3 Å². The summed E-state index contributed by atoms with van der Waals surface area (Å²) in [5.74, 6) is 2.86. The van der Waals surface area contributed by atoms with E-state index in [4.69, 9.17) is 11.5 Å². The Hall–Kier alpha value is -1.27. The number of terminal acetylenes is 1. The molecular weight excluding hydrogens is 216 g/mol. The van der Waals surface area contributed by atoms with Gasteiger partial charge in [-0.05, 0) is 37.5 Å². The molecule has 0 saturated heterocycles. The van der Waals surface area contributed by atoms with Crippen molar-refractivity contribution < 1.29 is 15.0 Å². The molecule has 0 heterocycles. The number of hydrogen-bond acceptors (Lipinski definition) is 2. The Kier molecular flexibility index (Phi) is 3.54. The molecule has 2 N–H and O–H groups in total. The van der Waals surface area contributed by atoms with E-state index in [-0.39, 0.29) is 18.4 Å². The first-order chi connectivity index (χ1) is 8.13. The fraction of sp³-hybridized carbons (Fsp3) is 0.643. The lowest BCUT2D eigenvalue weighted by atomic mass is 9.57. The highest BCUT2D eigenvalue weighted by atomic mass is 16.4. The number of fused-ring (bicyclic) bond motifs is 1. The first-order valence-electron chi connectivity index (χ1n) is 6.18. The number of carboxylic acid groups (broad SMARTS) is 1. The van der Waals surface area contributed by atoms with E-state index in [1.807, 2.05) is 0 Å². The summed E-state index contributed by atoms with van der Waals surface area (Å²) in [6.45, 7) is 0. The lowest BCUT2D eigenvalue weighted by molar-refractivity contribution is -0.136. The SMILES string of the molecule is C#C[C@@H]1[C@H]2C/C(=C/CCC(=O)O)[C@H]2CC[C@H]1O. The standard InChI is InChI=1S/C14H18O3/c1-2-10-12-8-9(4-3-5-14(16)17)11(12)6-7-13(10)15/h1,4,10-13,15H,3,5-8H2,(H,16,17)/b9-4-/t10-,11-,12-,13-/m1/s1. The minimum absolute atomic E-state index is 0.00891. The van der Waals surface area contributed by atoms with Crippen LogP contribution in [0, 0.1) is 30.1 Å². The van der Waals surface area contributed by atoms with Crippen LogP contribution >= 0.6 is 0 Å². The first-order valence-corrected chi connectivity index (χ1v) is 6.18. The molecule has 0 aromatic carbocycles. The summed E-state index contributed by atoms with van der Waals surface area (Å²) in [6, 6.07) is 0. The average molecular weight is 234 g/mol. The molecule has 2 aliphatic rings. The maximum Gasteiger partial charge on any atom is 0.303 e. The largest absolute Gasteiger partial charge is 0.481 e. The van der Waals surface area contributed by atoms with Gasteiger partial charge in [0.05, 0.1) is 6.10 Å². The average Bonchev–Trinajstić information content (AvgIpc) is 2.25. The third-order valence-electron chi connectivity index (χ3n) is 4.07. The second-order valence-electron chi connectivity index (χ2n) is 5.02. The maximum absolute atomic E-state index is 10.4. The van der Waals surface area contributed by atoms with Gasteiger partial charge in [0, 0.05) is 12.3 Å². The van der Waals surface area contributed by atoms with Gasteiger partial charge >= 0.3 is 5.97 Å². The predicted octanol–water partition coefficient (Wildman–Crippen LogP) is 1.82. The summed E-state index contributed by atoms with van der Waals surface area (Å²) in [5.41, 5.74) is 1.35. The molecule has 3 heteroatoms. The van der Waals surface area contributed by atoms with Crippen molar-refractivity contribution in [3.8, 4) is 12.3 Å². The molecule has 17 heavy (non-hydrogen) atoms. The predicted molar refractivity (Wildman–Crippen MR) is 64.1 cm³/mol. The van der Waals surface area contributed by atoms with Crippen LogP contribution in [0.2, 0.25) is 0 Å². The van der Waals surface area contributed by atoms with Gasteiger partial charge in [-0.3, -0.25) is 4.79 Å². The summed E-state index contributed by atoms with van der Waals surface area (Å²) in [5, 5.41) is 18.4. The number of carboxylic acids is 1. The second kappa shape index (κ2) is 4.93. The van der Waals surface area contributed by atoms with Crippen LogP contribution in [0.25, 0.3) is 0 Å². The third kappa shape index (κ3) is 2.37. The van der Waals surface area contributed by atoms with Crippen LogP contribution in [-0.2, 0) is 4.79 Å². The van der Waals surface area contributed by atoms with Crippen molar-refractivity contribution in [3.05, 3.63) is 11.6 Å². The number of rotatable bonds is 3. The molecule has 2 aliphatic carbocycles. The minimum Gasteiger partial charge on any atom is -0.481 e. The number of aliphatic carboxylic acids is 1. The van der Waals surface area contributed by atoms with Gasteiger partial charge in [0.15, 0.2) is 0 Å². The molecule has 2 rings (SSSR count). The molecule has 3 nitrogen and oxygen atoms in total. The van der Waals surface area contributed by atoms with E-state index in [1.165, 1.54) is 5.57 Å². The van der Waals surface area contributed by atoms with Crippen molar-refractivity contribution in [2.24, 2.45) is 17.8 Å². The molecule has 0 unspecified atom stereocenters. The van der Waals surface area contributed by atoms with Gasteiger partial charge in [-0.25, -0.2) is 0 Å². The summed E-state index contributed by atoms with van der Waals surface area (Å²) in [7, 11) is 0. The topological polar surface area (TPSA) is 57.5 Å². The zero-order valence-electron chi connectivity index (χ0n) is 9.80. The van der Waals surface area contributed by atoms with E-state index in [9.17, 15) is 9.90 Å². The number of carbonyl (C=O) groups is 1. The van der Waals surface area contributed by atoms with Crippen LogP contribution < -0.4 is 0 Å². The van der Waals surface area contributed by atoms with Crippen molar-refractivity contribution in [2.45, 2.75) is 38.2 Å². The van der Waals surface area contributed by atoms with Crippen molar-refractivity contribution in [3.63, 3.8) is 0 Å². The number of aliphatic hydroxyl groups is 1. The van der Waals surface area contributed by atoms with Crippen LogP contribution in [0.15, 0.2) is 11.6 Å². The van der Waals surface area contributed by atoms with Crippen molar-refractivity contribution in [2.75, 3.05) is 0 Å². The monoisotopic (exact) mass is 234 g/mol. The summed E-state index contributed by atoms with van der Waals surface area (Å²) >= 11 is 0. The van der Waals surface area contributed by atoms with Gasteiger partial charge in [0.2, 0.25) is 0 Å². The lowest BCUT2D eigenvalue weighted by Crippen LogP contribution is -2.44. The van der Waals surface area contributed by atoms with Crippen LogP contribution in [0.1, 0.15) is 32.1 Å². The van der Waals surface area contributed by atoms with Gasteiger partial charge in [0.1, 0.15) is 0 Å². The Balaban J connectivity index is 1.92. The molecule has 0 aromatic heterocycles. The molecule has 0 aromatic rings. The zero-order chi connectivity index (χ0) is 12.4. The molecule has 0 aliphatic heterocycles. The normalized spacial score (nSPS) is 38.0. The smallest absolute Gasteiger partial charge is 0.303 e. The van der Waals surface area contributed by atoms with Gasteiger partial charge in [-0.2, -0.15) is 0 Å². The Labute approximate surface area is 102 Å². The summed E-state index contributed by atoms with van der Waals surface area (Å²) < 4.78 is 0. The highest BCUT2D eigenvalue weighted by molar-refractivity contribution is 5.66. The molecule has 0 spiro atoms. The first kappa shape index (κ1) is 12.2. The van der Waals surface area contributed by atoms with Crippen molar-refractivity contribution >= 4 is 5.97 Å². The maximum atomic E-state index is 10.4. The lowest BCUT2D eigenvalue weighted by Gasteiger charge is -2.48. The molecule has 0 radical (unpaired) electrons. The van der Waals surface area contributed by atoms with Gasteiger partial charge in [-0.15, -0.1) is 12.3 Å². The quantitative estimate of drug-likeness (QED) is 0.578. The van der Waals surface area contributed by atoms with Crippen LogP contribution in [0.4, 0.5) is 0 Å². The highest BCUT2D eigenvalue weighted by Gasteiger charge is 2.45. The Morgan fingerprint density at radius 2 is 2.29 bits per heavy atom. The van der Waals surface area contributed by atoms with Gasteiger partial charge in [-0.1, -0.05) is 11.6 Å².